The van der Waals surface area contributed by atoms with Crippen molar-refractivity contribution in [3.63, 3.8) is 0 Å². The molecule has 96 heavy (non-hydrogen) atoms. The quantitative estimate of drug-likeness (QED) is 0.0222. The van der Waals surface area contributed by atoms with Crippen LogP contribution < -0.4 is 0 Å². The number of ether oxygens (including phenoxy) is 4. The van der Waals surface area contributed by atoms with E-state index in [-0.39, 0.29) is 25.7 Å². The monoisotopic (exact) mass is 1410 g/mol. The van der Waals surface area contributed by atoms with Crippen LogP contribution in [0.3, 0.4) is 0 Å². The highest BCUT2D eigenvalue weighted by atomic mass is 31.2. The number of carbonyl (C=O) groups is 4. The van der Waals surface area contributed by atoms with Gasteiger partial charge in [0.2, 0.25) is 0 Å². The molecule has 0 aliphatic heterocycles. The lowest BCUT2D eigenvalue weighted by Gasteiger charge is -2.21. The zero-order chi connectivity index (χ0) is 70.7. The first-order valence-electron chi connectivity index (χ1n) is 40.0. The third-order valence-electron chi connectivity index (χ3n) is 18.0. The van der Waals surface area contributed by atoms with Crippen LogP contribution in [0, 0.1) is 11.8 Å². The number of aliphatic hydroxyl groups is 1. The summed E-state index contributed by atoms with van der Waals surface area (Å²) in [6, 6.07) is 0. The second kappa shape index (κ2) is 68.8. The van der Waals surface area contributed by atoms with Crippen LogP contribution in [0.1, 0.15) is 401 Å². The van der Waals surface area contributed by atoms with Gasteiger partial charge in [0.05, 0.1) is 26.4 Å². The first-order valence-corrected chi connectivity index (χ1v) is 43.0. The molecule has 0 aromatic heterocycles. The van der Waals surface area contributed by atoms with Crippen molar-refractivity contribution in [3.05, 3.63) is 0 Å². The molecule has 0 heterocycles. The maximum atomic E-state index is 13.1. The molecule has 0 saturated heterocycles. The maximum absolute atomic E-state index is 13.1. The van der Waals surface area contributed by atoms with Crippen LogP contribution in [-0.4, -0.2) is 96.7 Å². The molecule has 0 amide bonds. The summed E-state index contributed by atoms with van der Waals surface area (Å²) in [7, 11) is -9.91. The van der Waals surface area contributed by atoms with Crippen LogP contribution in [-0.2, 0) is 65.4 Å². The molecule has 0 saturated carbocycles. The lowest BCUT2D eigenvalue weighted by molar-refractivity contribution is -0.161. The van der Waals surface area contributed by atoms with Gasteiger partial charge in [-0.2, -0.15) is 0 Å². The summed E-state index contributed by atoms with van der Waals surface area (Å²) in [5, 5.41) is 10.6. The highest BCUT2D eigenvalue weighted by Crippen LogP contribution is 2.45. The lowest BCUT2D eigenvalue weighted by Crippen LogP contribution is -2.30. The minimum Gasteiger partial charge on any atom is -0.462 e. The Kier molecular flexibility index (Phi) is 67.4. The van der Waals surface area contributed by atoms with E-state index in [1.165, 1.54) is 212 Å². The molecule has 0 rings (SSSR count). The molecular weight excluding hydrogens is 1260 g/mol. The number of aliphatic hydroxyl groups excluding tert-OH is 1. The Morgan fingerprint density at radius 2 is 0.479 bits per heavy atom. The van der Waals surface area contributed by atoms with E-state index >= 15 is 0 Å². The van der Waals surface area contributed by atoms with E-state index in [0.29, 0.717) is 31.6 Å². The number of esters is 4. The van der Waals surface area contributed by atoms with Crippen molar-refractivity contribution in [3.8, 4) is 0 Å². The van der Waals surface area contributed by atoms with Crippen molar-refractivity contribution < 1.29 is 80.2 Å². The van der Waals surface area contributed by atoms with Gasteiger partial charge in [-0.25, -0.2) is 9.13 Å². The Hall–Kier alpha value is -1.94. The second-order valence-electron chi connectivity index (χ2n) is 28.7. The van der Waals surface area contributed by atoms with Crippen molar-refractivity contribution in [1.29, 1.82) is 0 Å². The summed E-state index contributed by atoms with van der Waals surface area (Å²) >= 11 is 0. The van der Waals surface area contributed by atoms with Gasteiger partial charge in [0.1, 0.15) is 19.3 Å². The third kappa shape index (κ3) is 70.5. The SMILES string of the molecule is CCCCCCCCCCCCCCCCCCCCCCC(=O)O[C@H](COC(=O)CCCCCCCCCCCCCCC(C)C)COP(=O)(O)OC[C@@H](O)COP(=O)(O)OC[C@@H](COC(=O)CCCCCCCCC(C)C)OC(=O)CCCCCCCCCCCCCC. The van der Waals surface area contributed by atoms with Crippen LogP contribution in [0.5, 0.6) is 0 Å². The molecule has 2 unspecified atom stereocenters. The summed E-state index contributed by atoms with van der Waals surface area (Å²) in [6.45, 7) is 9.53. The molecule has 0 fully saturated rings. The summed E-state index contributed by atoms with van der Waals surface area (Å²) in [5.74, 6) is -0.655. The Labute approximate surface area is 588 Å². The van der Waals surface area contributed by atoms with Crippen molar-refractivity contribution in [2.24, 2.45) is 11.8 Å². The van der Waals surface area contributed by atoms with Gasteiger partial charge in [-0.05, 0) is 37.5 Å². The second-order valence-corrected chi connectivity index (χ2v) is 31.6. The fraction of sp³-hybridized carbons (Fsp3) is 0.948. The predicted molar refractivity (Wildman–Crippen MR) is 391 cm³/mol. The molecule has 570 valence electrons. The number of hydrogen-bond acceptors (Lipinski definition) is 15. The number of hydrogen-bond donors (Lipinski definition) is 3. The maximum Gasteiger partial charge on any atom is 0.472 e. The largest absolute Gasteiger partial charge is 0.472 e. The van der Waals surface area contributed by atoms with Crippen LogP contribution >= 0.6 is 15.6 Å². The van der Waals surface area contributed by atoms with E-state index in [1.807, 2.05) is 0 Å². The highest BCUT2D eigenvalue weighted by molar-refractivity contribution is 7.47. The first-order chi connectivity index (χ1) is 46.4. The molecule has 0 aliphatic carbocycles. The molecule has 0 aromatic carbocycles. The van der Waals surface area contributed by atoms with Crippen LogP contribution in [0.15, 0.2) is 0 Å². The average molecular weight is 1410 g/mol. The first kappa shape index (κ1) is 94.1. The number of carbonyl (C=O) groups excluding carboxylic acids is 4. The Morgan fingerprint density at radius 3 is 0.708 bits per heavy atom. The van der Waals surface area contributed by atoms with Crippen molar-refractivity contribution in [2.45, 2.75) is 419 Å². The molecule has 0 aromatic rings. The molecule has 0 bridgehead atoms. The van der Waals surface area contributed by atoms with E-state index in [2.05, 4.69) is 41.5 Å². The molecule has 0 aliphatic rings. The van der Waals surface area contributed by atoms with E-state index in [4.69, 9.17) is 37.0 Å². The summed E-state index contributed by atoms with van der Waals surface area (Å²) < 4.78 is 68.5. The summed E-state index contributed by atoms with van der Waals surface area (Å²) in [4.78, 5) is 72.8. The molecule has 3 N–H and O–H groups in total. The van der Waals surface area contributed by atoms with Gasteiger partial charge >= 0.3 is 39.5 Å². The lowest BCUT2D eigenvalue weighted by atomic mass is 10.0. The molecule has 5 atom stereocenters. The number of rotatable bonds is 76. The van der Waals surface area contributed by atoms with E-state index in [1.54, 1.807) is 0 Å². The van der Waals surface area contributed by atoms with Gasteiger partial charge in [-0.3, -0.25) is 37.3 Å². The van der Waals surface area contributed by atoms with Gasteiger partial charge < -0.3 is 33.8 Å². The fourth-order valence-corrected chi connectivity index (χ4v) is 13.4. The van der Waals surface area contributed by atoms with Gasteiger partial charge in [0.25, 0.3) is 0 Å². The Bertz CT molecular complexity index is 1860. The third-order valence-corrected chi connectivity index (χ3v) is 19.9. The van der Waals surface area contributed by atoms with E-state index < -0.39 is 97.5 Å². The van der Waals surface area contributed by atoms with E-state index in [9.17, 15) is 43.2 Å². The van der Waals surface area contributed by atoms with Crippen LogP contribution in [0.2, 0.25) is 0 Å². The fourth-order valence-electron chi connectivity index (χ4n) is 11.8. The molecule has 17 nitrogen and oxygen atoms in total. The average Bonchev–Trinajstić information content (AvgIpc) is 1.71. The minimum atomic E-state index is -4.96. The molecule has 0 spiro atoms. The van der Waals surface area contributed by atoms with Crippen molar-refractivity contribution >= 4 is 39.5 Å². The van der Waals surface area contributed by atoms with Gasteiger partial charge in [-0.1, -0.05) is 350 Å². The molecule has 0 radical (unpaired) electrons. The van der Waals surface area contributed by atoms with Crippen molar-refractivity contribution in [1.82, 2.24) is 0 Å². The summed E-state index contributed by atoms with van der Waals surface area (Å²) in [5.41, 5.74) is 0. The summed E-state index contributed by atoms with van der Waals surface area (Å²) in [6.07, 6.45) is 57.1. The topological polar surface area (TPSA) is 237 Å². The Balaban J connectivity index is 5.21. The van der Waals surface area contributed by atoms with Crippen LogP contribution in [0.4, 0.5) is 0 Å². The Morgan fingerprint density at radius 1 is 0.281 bits per heavy atom. The van der Waals surface area contributed by atoms with Crippen LogP contribution in [0.25, 0.3) is 0 Å². The highest BCUT2D eigenvalue weighted by Gasteiger charge is 2.30. The smallest absolute Gasteiger partial charge is 0.462 e. The van der Waals surface area contributed by atoms with E-state index in [0.717, 1.165) is 102 Å². The predicted octanol–water partition coefficient (Wildman–Crippen LogP) is 22.7. The number of phosphoric ester groups is 2. The number of phosphoric acid groups is 2. The normalized spacial score (nSPS) is 14.0. The zero-order valence-corrected chi connectivity index (χ0v) is 64.5. The van der Waals surface area contributed by atoms with Gasteiger partial charge in [0, 0.05) is 25.7 Å². The molecular formula is C77H150O17P2. The van der Waals surface area contributed by atoms with Gasteiger partial charge in [-0.15, -0.1) is 0 Å². The molecule has 19 heteroatoms. The standard InChI is InChI=1S/C77H150O17P2/c1-7-9-11-13-15-17-19-21-22-23-24-25-26-27-28-34-38-42-50-56-62-77(82)93-72(65-87-74(79)59-53-47-40-36-33-30-29-31-35-39-45-51-57-69(3)4)67-91-95(83,84)89-63-71(78)64-90-96(85,86)92-68-73(66-88-75(80)60-54-48-44-43-46-52-58-70(5)6)94-76(81)61-55-49-41-37-32-20-18-16-14-12-10-8-2/h69-73,78H,7-68H2,1-6H3,(H,83,84)(H,85,86)/t71-,72-,73-/m1/s1. The van der Waals surface area contributed by atoms with Crippen molar-refractivity contribution in [2.75, 3.05) is 39.6 Å². The number of unbranched alkanes of at least 4 members (excludes halogenated alkanes) is 46. The van der Waals surface area contributed by atoms with Gasteiger partial charge in [0.15, 0.2) is 12.2 Å². The zero-order valence-electron chi connectivity index (χ0n) is 62.7. The minimum absolute atomic E-state index is 0.106.